The van der Waals surface area contributed by atoms with Gasteiger partial charge in [0.2, 0.25) is 0 Å². The average molecular weight is 405 g/mol. The van der Waals surface area contributed by atoms with Crippen molar-refractivity contribution in [3.05, 3.63) is 109 Å². The molecule has 0 aliphatic rings. The van der Waals surface area contributed by atoms with Crippen LogP contribution in [0.2, 0.25) is 0 Å². The third kappa shape index (κ3) is 2.35. The minimum atomic E-state index is 1.20. The number of hydrogen-bond donors (Lipinski definition) is 0. The second kappa shape index (κ2) is 6.48. The van der Waals surface area contributed by atoms with Crippen LogP contribution < -0.4 is 5.46 Å². The molecule has 0 radical (unpaired) electrons. The summed E-state index contributed by atoms with van der Waals surface area (Å²) in [6.45, 7) is 0. The van der Waals surface area contributed by atoms with Crippen molar-refractivity contribution in [2.45, 2.75) is 0 Å². The van der Waals surface area contributed by atoms with Gasteiger partial charge in [-0.15, -0.1) is 0 Å². The first-order valence-electron chi connectivity index (χ1n) is 11.1. The van der Waals surface area contributed by atoms with Gasteiger partial charge in [-0.2, -0.15) is 0 Å². The van der Waals surface area contributed by atoms with Crippen molar-refractivity contribution in [2.75, 3.05) is 0 Å². The summed E-state index contributed by atoms with van der Waals surface area (Å²) >= 11 is 0. The number of nitrogens with zero attached hydrogens (tertiary/aromatic N) is 1. The van der Waals surface area contributed by atoms with Gasteiger partial charge in [-0.25, -0.2) is 0 Å². The third-order valence-electron chi connectivity index (χ3n) is 6.81. The molecule has 0 unspecified atom stereocenters. The first-order valence-corrected chi connectivity index (χ1v) is 11.1. The van der Waals surface area contributed by atoms with E-state index in [1.165, 1.54) is 65.3 Å². The van der Waals surface area contributed by atoms with Gasteiger partial charge >= 0.3 is 0 Å². The molecule has 7 aromatic rings. The van der Waals surface area contributed by atoms with Gasteiger partial charge in [0.05, 0.1) is 11.0 Å². The van der Waals surface area contributed by atoms with Crippen LogP contribution >= 0.6 is 0 Å². The van der Waals surface area contributed by atoms with Crippen LogP contribution in [-0.4, -0.2) is 12.4 Å². The van der Waals surface area contributed by atoms with Crippen molar-refractivity contribution in [1.29, 1.82) is 0 Å². The molecule has 0 aliphatic heterocycles. The van der Waals surface area contributed by atoms with Crippen LogP contribution in [0.4, 0.5) is 0 Å². The summed E-state index contributed by atoms with van der Waals surface area (Å²) in [6, 6.07) is 40.0. The summed E-state index contributed by atoms with van der Waals surface area (Å²) in [4.78, 5) is 0. The standard InChI is InChI=1S/C30H20BN/c31-19-13-16-30-28(17-19)26-11-5-6-12-29(26)32(30)20-14-15-25-23-9-2-1-7-21(23)22-8-3-4-10-24(22)27(25)18-20/h1-18H,31H2. The molecule has 1 heterocycles. The Bertz CT molecular complexity index is 1810. The van der Waals surface area contributed by atoms with E-state index in [1.807, 2.05) is 0 Å². The zero-order chi connectivity index (χ0) is 21.2. The Morgan fingerprint density at radius 1 is 0.406 bits per heavy atom. The van der Waals surface area contributed by atoms with E-state index >= 15 is 0 Å². The van der Waals surface area contributed by atoms with E-state index in [9.17, 15) is 0 Å². The molecular formula is C30H20BN. The molecule has 2 heteroatoms. The fraction of sp³-hybridized carbons (Fsp3) is 0. The lowest BCUT2D eigenvalue weighted by atomic mass is 9.94. The van der Waals surface area contributed by atoms with E-state index in [0.717, 1.165) is 0 Å². The highest BCUT2D eigenvalue weighted by atomic mass is 15.0. The molecule has 1 nitrogen and oxygen atoms in total. The number of aromatic nitrogens is 1. The van der Waals surface area contributed by atoms with Gasteiger partial charge in [0.1, 0.15) is 7.85 Å². The predicted molar refractivity (Wildman–Crippen MR) is 141 cm³/mol. The van der Waals surface area contributed by atoms with Gasteiger partial charge in [-0.05, 0) is 56.6 Å². The van der Waals surface area contributed by atoms with Crippen molar-refractivity contribution >= 4 is 67.4 Å². The normalized spacial score (nSPS) is 11.9. The quantitative estimate of drug-likeness (QED) is 0.217. The minimum Gasteiger partial charge on any atom is -0.309 e. The maximum atomic E-state index is 2.41. The number of rotatable bonds is 1. The van der Waals surface area contributed by atoms with Crippen LogP contribution in [0.1, 0.15) is 0 Å². The van der Waals surface area contributed by atoms with Crippen molar-refractivity contribution in [2.24, 2.45) is 0 Å². The van der Waals surface area contributed by atoms with Crippen molar-refractivity contribution in [1.82, 2.24) is 4.57 Å². The molecule has 0 N–H and O–H groups in total. The molecule has 0 atom stereocenters. The predicted octanol–water partition coefficient (Wildman–Crippen LogP) is 6.50. The van der Waals surface area contributed by atoms with Gasteiger partial charge in [-0.3, -0.25) is 0 Å². The molecule has 0 aliphatic carbocycles. The highest BCUT2D eigenvalue weighted by Gasteiger charge is 2.14. The van der Waals surface area contributed by atoms with Gasteiger partial charge in [0, 0.05) is 16.5 Å². The molecule has 32 heavy (non-hydrogen) atoms. The Hall–Kier alpha value is -4.04. The molecule has 0 fully saturated rings. The summed E-state index contributed by atoms with van der Waals surface area (Å²) in [5.74, 6) is 0. The highest BCUT2D eigenvalue weighted by Crippen LogP contribution is 2.37. The van der Waals surface area contributed by atoms with E-state index in [0.29, 0.717) is 0 Å². The van der Waals surface area contributed by atoms with Crippen LogP contribution in [0.15, 0.2) is 109 Å². The zero-order valence-electron chi connectivity index (χ0n) is 17.8. The van der Waals surface area contributed by atoms with Crippen LogP contribution in [0.5, 0.6) is 0 Å². The summed E-state index contributed by atoms with van der Waals surface area (Å²) in [7, 11) is 2.17. The Morgan fingerprint density at radius 3 is 1.62 bits per heavy atom. The molecule has 7 rings (SSSR count). The smallest absolute Gasteiger partial charge is 0.139 e. The maximum Gasteiger partial charge on any atom is 0.139 e. The Labute approximate surface area is 186 Å². The number of para-hydroxylation sites is 1. The van der Waals surface area contributed by atoms with E-state index in [-0.39, 0.29) is 0 Å². The lowest BCUT2D eigenvalue weighted by Gasteiger charge is -2.13. The summed E-state index contributed by atoms with van der Waals surface area (Å²) in [6.07, 6.45) is 0. The van der Waals surface area contributed by atoms with E-state index in [2.05, 4.69) is 122 Å². The van der Waals surface area contributed by atoms with Crippen LogP contribution in [0.25, 0.3) is 59.8 Å². The van der Waals surface area contributed by atoms with Crippen molar-refractivity contribution in [3.8, 4) is 5.69 Å². The lowest BCUT2D eigenvalue weighted by molar-refractivity contribution is 1.19. The molecule has 0 amide bonds. The molecule has 0 spiro atoms. The Kier molecular flexibility index (Phi) is 3.57. The van der Waals surface area contributed by atoms with Crippen LogP contribution in [0, 0.1) is 0 Å². The summed E-state index contributed by atoms with van der Waals surface area (Å²) in [5, 5.41) is 10.5. The molecule has 6 aromatic carbocycles. The minimum absolute atomic E-state index is 1.20. The van der Waals surface area contributed by atoms with Gasteiger partial charge in [-0.1, -0.05) is 90.4 Å². The second-order valence-corrected chi connectivity index (χ2v) is 8.69. The average Bonchev–Trinajstić information content (AvgIpc) is 3.17. The van der Waals surface area contributed by atoms with Gasteiger partial charge in [0.25, 0.3) is 0 Å². The highest BCUT2D eigenvalue weighted by molar-refractivity contribution is 6.34. The number of benzene rings is 6. The monoisotopic (exact) mass is 405 g/mol. The van der Waals surface area contributed by atoms with Gasteiger partial charge < -0.3 is 4.57 Å². The third-order valence-corrected chi connectivity index (χ3v) is 6.81. The summed E-state index contributed by atoms with van der Waals surface area (Å²) in [5.41, 5.74) is 4.99. The SMILES string of the molecule is Bc1ccc2c(c1)c1ccccc1n2-c1ccc2c3ccccc3c3ccccc3c2c1. The van der Waals surface area contributed by atoms with Crippen LogP contribution in [0.3, 0.4) is 0 Å². The zero-order valence-corrected chi connectivity index (χ0v) is 17.8. The molecular weight excluding hydrogens is 385 g/mol. The lowest BCUT2D eigenvalue weighted by Crippen LogP contribution is -2.00. The number of hydrogen-bond acceptors (Lipinski definition) is 0. The topological polar surface area (TPSA) is 4.93 Å². The van der Waals surface area contributed by atoms with E-state index < -0.39 is 0 Å². The van der Waals surface area contributed by atoms with Crippen molar-refractivity contribution in [3.63, 3.8) is 0 Å². The molecule has 1 aromatic heterocycles. The van der Waals surface area contributed by atoms with E-state index in [1.54, 1.807) is 0 Å². The molecule has 0 saturated heterocycles. The molecule has 0 bridgehead atoms. The largest absolute Gasteiger partial charge is 0.309 e. The van der Waals surface area contributed by atoms with E-state index in [4.69, 9.17) is 0 Å². The van der Waals surface area contributed by atoms with Crippen LogP contribution in [-0.2, 0) is 0 Å². The molecule has 148 valence electrons. The van der Waals surface area contributed by atoms with Crippen molar-refractivity contribution < 1.29 is 0 Å². The first-order chi connectivity index (χ1) is 15.8. The Balaban J connectivity index is 1.65. The number of fused-ring (bicyclic) bond motifs is 9. The fourth-order valence-electron chi connectivity index (χ4n) is 5.40. The Morgan fingerprint density at radius 2 is 0.938 bits per heavy atom. The van der Waals surface area contributed by atoms with Gasteiger partial charge in [0.15, 0.2) is 0 Å². The summed E-state index contributed by atoms with van der Waals surface area (Å²) < 4.78 is 2.41. The maximum absolute atomic E-state index is 2.41. The molecule has 0 saturated carbocycles. The fourth-order valence-corrected chi connectivity index (χ4v) is 5.40. The first kappa shape index (κ1) is 17.6. The second-order valence-electron chi connectivity index (χ2n) is 8.69.